The van der Waals surface area contributed by atoms with Gasteiger partial charge in [0.15, 0.2) is 0 Å². The standard InChI is InChI=1S/C10H9Br2N3O/c11-6-1-2-8(12)7(5-6)10-15-14-9(16-10)3-4-13/h1-2,5H,3-4,13H2. The first-order valence-corrected chi connectivity index (χ1v) is 6.27. The fourth-order valence-corrected chi connectivity index (χ4v) is 2.03. The fourth-order valence-electron chi connectivity index (χ4n) is 1.25. The van der Waals surface area contributed by atoms with E-state index >= 15 is 0 Å². The zero-order valence-corrected chi connectivity index (χ0v) is 11.5. The first-order valence-electron chi connectivity index (χ1n) is 4.68. The number of nitrogens with zero attached hydrogens (tertiary/aromatic N) is 2. The number of halogens is 2. The van der Waals surface area contributed by atoms with Crippen molar-refractivity contribution in [3.8, 4) is 11.5 Å². The molecular weight excluding hydrogens is 338 g/mol. The minimum Gasteiger partial charge on any atom is -0.421 e. The third-order valence-corrected chi connectivity index (χ3v) is 3.17. The quantitative estimate of drug-likeness (QED) is 0.928. The molecule has 2 aromatic rings. The number of benzene rings is 1. The molecule has 2 rings (SSSR count). The van der Waals surface area contributed by atoms with Crippen LogP contribution in [0.4, 0.5) is 0 Å². The van der Waals surface area contributed by atoms with Gasteiger partial charge >= 0.3 is 0 Å². The van der Waals surface area contributed by atoms with Crippen molar-refractivity contribution in [2.75, 3.05) is 6.54 Å². The van der Waals surface area contributed by atoms with Crippen molar-refractivity contribution in [1.29, 1.82) is 0 Å². The molecule has 0 amide bonds. The van der Waals surface area contributed by atoms with Gasteiger partial charge in [0.25, 0.3) is 0 Å². The van der Waals surface area contributed by atoms with Crippen molar-refractivity contribution in [3.63, 3.8) is 0 Å². The zero-order valence-electron chi connectivity index (χ0n) is 8.28. The summed E-state index contributed by atoms with van der Waals surface area (Å²) >= 11 is 6.84. The van der Waals surface area contributed by atoms with Crippen LogP contribution in [-0.4, -0.2) is 16.7 Å². The molecule has 1 aromatic carbocycles. The monoisotopic (exact) mass is 345 g/mol. The van der Waals surface area contributed by atoms with Crippen LogP contribution in [0.3, 0.4) is 0 Å². The first kappa shape index (κ1) is 11.8. The molecule has 1 aromatic heterocycles. The Morgan fingerprint density at radius 1 is 1.25 bits per heavy atom. The average Bonchev–Trinajstić information content (AvgIpc) is 2.71. The summed E-state index contributed by atoms with van der Waals surface area (Å²) < 4.78 is 7.37. The minimum absolute atomic E-state index is 0.497. The van der Waals surface area contributed by atoms with Gasteiger partial charge in [0.1, 0.15) is 0 Å². The smallest absolute Gasteiger partial charge is 0.248 e. The molecule has 0 aliphatic heterocycles. The van der Waals surface area contributed by atoms with Crippen LogP contribution in [0.1, 0.15) is 5.89 Å². The molecule has 0 unspecified atom stereocenters. The van der Waals surface area contributed by atoms with Gasteiger partial charge in [-0.25, -0.2) is 0 Å². The maximum atomic E-state index is 5.49. The average molecular weight is 347 g/mol. The summed E-state index contributed by atoms with van der Waals surface area (Å²) in [5.41, 5.74) is 6.28. The molecule has 16 heavy (non-hydrogen) atoms. The van der Waals surface area contributed by atoms with Gasteiger partial charge in [0.2, 0.25) is 11.8 Å². The lowest BCUT2D eigenvalue weighted by Gasteiger charge is -1.99. The molecule has 0 bridgehead atoms. The third-order valence-electron chi connectivity index (χ3n) is 1.98. The topological polar surface area (TPSA) is 64.9 Å². The maximum Gasteiger partial charge on any atom is 0.248 e. The SMILES string of the molecule is NCCc1nnc(-c2cc(Br)ccc2Br)o1. The highest BCUT2D eigenvalue weighted by atomic mass is 79.9. The Labute approximate surface area is 109 Å². The van der Waals surface area contributed by atoms with E-state index in [0.29, 0.717) is 24.7 Å². The molecule has 0 saturated carbocycles. The van der Waals surface area contributed by atoms with Crippen molar-refractivity contribution >= 4 is 31.9 Å². The number of aromatic nitrogens is 2. The van der Waals surface area contributed by atoms with Crippen LogP contribution in [-0.2, 0) is 6.42 Å². The predicted octanol–water partition coefficient (Wildman–Crippen LogP) is 2.76. The van der Waals surface area contributed by atoms with Crippen molar-refractivity contribution in [2.45, 2.75) is 6.42 Å². The molecule has 4 nitrogen and oxygen atoms in total. The van der Waals surface area contributed by atoms with Crippen molar-refractivity contribution in [3.05, 3.63) is 33.0 Å². The van der Waals surface area contributed by atoms with E-state index in [-0.39, 0.29) is 0 Å². The molecule has 0 fully saturated rings. The van der Waals surface area contributed by atoms with Crippen LogP contribution >= 0.6 is 31.9 Å². The van der Waals surface area contributed by atoms with Gasteiger partial charge in [-0.05, 0) is 34.1 Å². The van der Waals surface area contributed by atoms with Crippen LogP contribution < -0.4 is 5.73 Å². The molecule has 0 aliphatic carbocycles. The van der Waals surface area contributed by atoms with Crippen LogP contribution in [0.25, 0.3) is 11.5 Å². The van der Waals surface area contributed by atoms with Gasteiger partial charge in [-0.15, -0.1) is 10.2 Å². The molecule has 0 saturated heterocycles. The number of hydrogen-bond acceptors (Lipinski definition) is 4. The predicted molar refractivity (Wildman–Crippen MR) is 67.9 cm³/mol. The van der Waals surface area contributed by atoms with Crippen LogP contribution in [0.2, 0.25) is 0 Å². The summed E-state index contributed by atoms with van der Waals surface area (Å²) in [6.45, 7) is 0.501. The Balaban J connectivity index is 2.38. The summed E-state index contributed by atoms with van der Waals surface area (Å²) in [5, 5.41) is 7.90. The second-order valence-corrected chi connectivity index (χ2v) is 4.93. The highest BCUT2D eigenvalue weighted by molar-refractivity contribution is 9.11. The Bertz CT molecular complexity index is 499. The molecule has 0 aliphatic rings. The van der Waals surface area contributed by atoms with Gasteiger partial charge < -0.3 is 10.2 Å². The minimum atomic E-state index is 0.497. The Hall–Kier alpha value is -0.720. The normalized spacial score (nSPS) is 10.7. The van der Waals surface area contributed by atoms with E-state index in [4.69, 9.17) is 10.2 Å². The molecule has 6 heteroatoms. The summed E-state index contributed by atoms with van der Waals surface area (Å²) in [6.07, 6.45) is 0.596. The van der Waals surface area contributed by atoms with Crippen LogP contribution in [0, 0.1) is 0 Å². The summed E-state index contributed by atoms with van der Waals surface area (Å²) in [5.74, 6) is 1.06. The van der Waals surface area contributed by atoms with Gasteiger partial charge in [0, 0.05) is 21.9 Å². The number of nitrogens with two attached hydrogens (primary N) is 1. The van der Waals surface area contributed by atoms with E-state index in [2.05, 4.69) is 42.1 Å². The fraction of sp³-hybridized carbons (Fsp3) is 0.200. The molecule has 0 atom stereocenters. The lowest BCUT2D eigenvalue weighted by Crippen LogP contribution is -2.02. The van der Waals surface area contributed by atoms with Crippen molar-refractivity contribution in [2.24, 2.45) is 5.73 Å². The van der Waals surface area contributed by atoms with E-state index in [1.54, 1.807) is 0 Å². The molecule has 0 spiro atoms. The van der Waals surface area contributed by atoms with Crippen LogP contribution in [0.5, 0.6) is 0 Å². The van der Waals surface area contributed by atoms with Gasteiger partial charge in [-0.1, -0.05) is 15.9 Å². The number of hydrogen-bond donors (Lipinski definition) is 1. The Morgan fingerprint density at radius 3 is 2.81 bits per heavy atom. The molecular formula is C10H9Br2N3O. The van der Waals surface area contributed by atoms with Gasteiger partial charge in [0.05, 0.1) is 5.56 Å². The Kier molecular flexibility index (Phi) is 3.73. The maximum absolute atomic E-state index is 5.49. The number of rotatable bonds is 3. The van der Waals surface area contributed by atoms with Crippen LogP contribution in [0.15, 0.2) is 31.6 Å². The first-order chi connectivity index (χ1) is 7.70. The van der Waals surface area contributed by atoms with E-state index in [9.17, 15) is 0 Å². The van der Waals surface area contributed by atoms with E-state index < -0.39 is 0 Å². The summed E-state index contributed by atoms with van der Waals surface area (Å²) in [4.78, 5) is 0. The summed E-state index contributed by atoms with van der Waals surface area (Å²) in [7, 11) is 0. The summed E-state index contributed by atoms with van der Waals surface area (Å²) in [6, 6.07) is 5.78. The third kappa shape index (κ3) is 2.50. The van der Waals surface area contributed by atoms with Crippen molar-refractivity contribution in [1.82, 2.24) is 10.2 Å². The molecule has 2 N–H and O–H groups in total. The second-order valence-electron chi connectivity index (χ2n) is 3.16. The molecule has 84 valence electrons. The highest BCUT2D eigenvalue weighted by Gasteiger charge is 2.11. The largest absolute Gasteiger partial charge is 0.421 e. The lowest BCUT2D eigenvalue weighted by atomic mass is 10.2. The van der Waals surface area contributed by atoms with E-state index in [1.165, 1.54) is 0 Å². The lowest BCUT2D eigenvalue weighted by molar-refractivity contribution is 0.507. The van der Waals surface area contributed by atoms with Gasteiger partial charge in [-0.3, -0.25) is 0 Å². The molecule has 1 heterocycles. The van der Waals surface area contributed by atoms with Gasteiger partial charge in [-0.2, -0.15) is 0 Å². The highest BCUT2D eigenvalue weighted by Crippen LogP contribution is 2.30. The van der Waals surface area contributed by atoms with E-state index in [0.717, 1.165) is 14.5 Å². The Morgan fingerprint density at radius 2 is 2.06 bits per heavy atom. The molecule has 0 radical (unpaired) electrons. The zero-order chi connectivity index (χ0) is 11.5. The second kappa shape index (κ2) is 5.07. The van der Waals surface area contributed by atoms with Crippen molar-refractivity contribution < 1.29 is 4.42 Å². The van der Waals surface area contributed by atoms with E-state index in [1.807, 2.05) is 18.2 Å².